The second kappa shape index (κ2) is 7.02. The van der Waals surface area contributed by atoms with Gasteiger partial charge in [0.2, 0.25) is 0 Å². The molecule has 3 fully saturated rings. The van der Waals surface area contributed by atoms with Crippen LogP contribution in [-0.2, 0) is 19.1 Å². The van der Waals surface area contributed by atoms with Crippen LogP contribution in [0.25, 0.3) is 0 Å². The van der Waals surface area contributed by atoms with Crippen molar-refractivity contribution in [3.05, 3.63) is 23.8 Å². The minimum absolute atomic E-state index is 0.0151. The highest BCUT2D eigenvalue weighted by Crippen LogP contribution is 2.72. The molecule has 0 amide bonds. The van der Waals surface area contributed by atoms with Gasteiger partial charge in [0.1, 0.15) is 0 Å². The van der Waals surface area contributed by atoms with Crippen LogP contribution >= 0.6 is 11.6 Å². The van der Waals surface area contributed by atoms with Crippen molar-refractivity contribution in [2.24, 2.45) is 28.6 Å². The van der Waals surface area contributed by atoms with Crippen LogP contribution in [0.15, 0.2) is 23.8 Å². The lowest BCUT2D eigenvalue weighted by atomic mass is 9.45. The van der Waals surface area contributed by atoms with E-state index in [2.05, 4.69) is 0 Å². The van der Waals surface area contributed by atoms with E-state index >= 15 is 0 Å². The highest BCUT2D eigenvalue weighted by Gasteiger charge is 2.75. The van der Waals surface area contributed by atoms with Crippen molar-refractivity contribution >= 4 is 29.1 Å². The van der Waals surface area contributed by atoms with Crippen molar-refractivity contribution in [1.82, 2.24) is 0 Å². The predicted octanol–water partition coefficient (Wildman–Crippen LogP) is 4.15. The summed E-state index contributed by atoms with van der Waals surface area (Å²) >= 11 is 7.43. The van der Waals surface area contributed by atoms with E-state index in [0.29, 0.717) is 6.42 Å². The van der Waals surface area contributed by atoms with Gasteiger partial charge in [-0.1, -0.05) is 39.3 Å². The summed E-state index contributed by atoms with van der Waals surface area (Å²) in [5.74, 6) is -0.830. The molecule has 0 heterocycles. The van der Waals surface area contributed by atoms with Crippen molar-refractivity contribution in [3.63, 3.8) is 0 Å². The fourth-order valence-corrected chi connectivity index (χ4v) is 8.34. The first kappa shape index (κ1) is 22.7. The molecule has 0 spiro atoms. The largest absolute Gasteiger partial charge is 0.450 e. The van der Waals surface area contributed by atoms with Gasteiger partial charge in [0, 0.05) is 23.2 Å². The van der Waals surface area contributed by atoms with Gasteiger partial charge >= 0.3 is 5.97 Å². The zero-order valence-electron chi connectivity index (χ0n) is 19.0. The second-order valence-electron chi connectivity index (χ2n) is 10.5. The van der Waals surface area contributed by atoms with Crippen LogP contribution in [0.5, 0.6) is 0 Å². The summed E-state index contributed by atoms with van der Waals surface area (Å²) in [6.07, 6.45) is 6.78. The van der Waals surface area contributed by atoms with Gasteiger partial charge in [0.25, 0.3) is 0 Å². The van der Waals surface area contributed by atoms with Gasteiger partial charge in [0.05, 0.1) is 11.0 Å². The highest BCUT2D eigenvalue weighted by atomic mass is 35.5. The third kappa shape index (κ3) is 2.62. The molecule has 6 heteroatoms. The summed E-state index contributed by atoms with van der Waals surface area (Å²) in [5.41, 5.74) is -1.65. The van der Waals surface area contributed by atoms with Gasteiger partial charge in [-0.3, -0.25) is 14.4 Å². The number of fused-ring (bicyclic) bond motifs is 5. The second-order valence-corrected chi connectivity index (χ2v) is 11.1. The molecule has 3 saturated carbocycles. The van der Waals surface area contributed by atoms with E-state index in [9.17, 15) is 19.5 Å². The molecule has 8 atom stereocenters. The van der Waals surface area contributed by atoms with Crippen LogP contribution in [0.3, 0.4) is 0 Å². The zero-order chi connectivity index (χ0) is 23.0. The summed E-state index contributed by atoms with van der Waals surface area (Å²) in [6.45, 7) is 9.22. The van der Waals surface area contributed by atoms with Gasteiger partial charge in [-0.2, -0.15) is 0 Å². The third-order valence-corrected chi connectivity index (χ3v) is 10.2. The summed E-state index contributed by atoms with van der Waals surface area (Å²) in [7, 11) is 0. The molecule has 4 aliphatic rings. The van der Waals surface area contributed by atoms with Gasteiger partial charge in [0.15, 0.2) is 17.2 Å². The highest BCUT2D eigenvalue weighted by molar-refractivity contribution is 6.26. The number of rotatable bonds is 3. The molecule has 0 aromatic heterocycles. The van der Waals surface area contributed by atoms with Gasteiger partial charge in [-0.25, -0.2) is 0 Å². The van der Waals surface area contributed by atoms with Crippen LogP contribution in [0, 0.1) is 28.6 Å². The topological polar surface area (TPSA) is 80.7 Å². The van der Waals surface area contributed by atoms with Crippen molar-refractivity contribution in [1.29, 1.82) is 0 Å². The fourth-order valence-electron chi connectivity index (χ4n) is 7.82. The van der Waals surface area contributed by atoms with E-state index in [1.165, 1.54) is 6.92 Å². The number of carbonyl (C=O) groups is 3. The molecule has 31 heavy (non-hydrogen) atoms. The normalized spacial score (nSPS) is 48.4. The molecule has 5 nitrogen and oxygen atoms in total. The number of halogens is 1. The van der Waals surface area contributed by atoms with E-state index < -0.39 is 33.4 Å². The maximum atomic E-state index is 13.1. The molecule has 0 radical (unpaired) electrons. The smallest absolute Gasteiger partial charge is 0.306 e. The van der Waals surface area contributed by atoms with E-state index in [-0.39, 0.29) is 42.2 Å². The number of Topliss-reactive ketones (excluding diaryl/α,β-unsaturated/α-hetero) is 1. The lowest BCUT2D eigenvalue weighted by Gasteiger charge is -2.64. The fraction of sp³-hybridized carbons (Fsp3) is 0.720. The Hall–Kier alpha value is -1.46. The first-order valence-corrected chi connectivity index (χ1v) is 11.8. The number of aliphatic hydroxyl groups is 1. The molecule has 0 bridgehead atoms. The zero-order valence-corrected chi connectivity index (χ0v) is 19.8. The minimum atomic E-state index is -1.26. The quantitative estimate of drug-likeness (QED) is 0.518. The summed E-state index contributed by atoms with van der Waals surface area (Å²) < 4.78 is 5.99. The lowest BCUT2D eigenvalue weighted by molar-refractivity contribution is -0.200. The Morgan fingerprint density at radius 3 is 2.58 bits per heavy atom. The number of ether oxygens (including phenoxy) is 1. The molecule has 170 valence electrons. The number of aliphatic hydroxyl groups excluding tert-OH is 1. The van der Waals surface area contributed by atoms with Crippen molar-refractivity contribution in [3.8, 4) is 0 Å². The SMILES string of the molecule is CCC(=O)O[C@]1(C(C)=O)[C@@H](C)C[C@H]2[C@@H]3CCC4=CC(=O)C=C[C@]4(C)[C@@]3(Cl)[C@@H](O)C[C@@]21C. The lowest BCUT2D eigenvalue weighted by Crippen LogP contribution is -2.69. The number of hydrogen-bond acceptors (Lipinski definition) is 5. The first-order chi connectivity index (χ1) is 14.4. The van der Waals surface area contributed by atoms with E-state index in [4.69, 9.17) is 16.3 Å². The predicted molar refractivity (Wildman–Crippen MR) is 117 cm³/mol. The minimum Gasteiger partial charge on any atom is -0.450 e. The van der Waals surface area contributed by atoms with Gasteiger partial charge < -0.3 is 9.84 Å². The molecule has 0 unspecified atom stereocenters. The molecule has 4 aliphatic carbocycles. The Kier molecular flexibility index (Phi) is 5.14. The monoisotopic (exact) mass is 448 g/mol. The molecule has 0 aliphatic heterocycles. The standard InChI is InChI=1S/C25H33ClO5/c1-6-21(30)31-25(15(3)27)14(2)11-19-18-8-7-16-12-17(28)9-10-22(16,4)24(18,26)20(29)13-23(19,25)5/h9-10,12,14,18-20,29H,6-8,11,13H2,1-5H3/t14-,18-,19-,20-,22-,23-,24-,25-/m0/s1. The third-order valence-electron chi connectivity index (χ3n) is 9.27. The summed E-state index contributed by atoms with van der Waals surface area (Å²) in [4.78, 5) is 36.6. The Morgan fingerprint density at radius 1 is 1.29 bits per heavy atom. The maximum Gasteiger partial charge on any atom is 0.306 e. The molecule has 0 aromatic carbocycles. The van der Waals surface area contributed by atoms with Crippen molar-refractivity contribution in [2.45, 2.75) is 83.3 Å². The number of allylic oxidation sites excluding steroid dienone is 4. The maximum absolute atomic E-state index is 13.1. The number of esters is 1. The summed E-state index contributed by atoms with van der Waals surface area (Å²) in [5, 5.41) is 11.6. The molecule has 0 aromatic rings. The first-order valence-electron chi connectivity index (χ1n) is 11.4. The number of carbonyl (C=O) groups excluding carboxylic acids is 3. The average Bonchev–Trinajstić information content (AvgIpc) is 2.91. The molecular formula is C25H33ClO5. The Balaban J connectivity index is 1.84. The Morgan fingerprint density at radius 2 is 1.97 bits per heavy atom. The van der Waals surface area contributed by atoms with Crippen molar-refractivity contribution < 1.29 is 24.2 Å². The number of ketones is 2. The van der Waals surface area contributed by atoms with Crippen LogP contribution in [0.2, 0.25) is 0 Å². The van der Waals surface area contributed by atoms with Gasteiger partial charge in [-0.05, 0) is 56.6 Å². The van der Waals surface area contributed by atoms with E-state index in [1.807, 2.05) is 26.8 Å². The molecular weight excluding hydrogens is 416 g/mol. The van der Waals surface area contributed by atoms with Crippen LogP contribution in [0.1, 0.15) is 66.7 Å². The van der Waals surface area contributed by atoms with Crippen molar-refractivity contribution in [2.75, 3.05) is 0 Å². The van der Waals surface area contributed by atoms with E-state index in [0.717, 1.165) is 18.4 Å². The molecule has 4 rings (SSSR count). The number of alkyl halides is 1. The molecule has 1 N–H and O–H groups in total. The van der Waals surface area contributed by atoms with Gasteiger partial charge in [-0.15, -0.1) is 11.6 Å². The van der Waals surface area contributed by atoms with E-state index in [1.54, 1.807) is 19.1 Å². The number of hydrogen-bond donors (Lipinski definition) is 1. The van der Waals surface area contributed by atoms with Crippen LogP contribution in [-0.4, -0.2) is 39.2 Å². The average molecular weight is 449 g/mol. The summed E-state index contributed by atoms with van der Waals surface area (Å²) in [6, 6.07) is 0. The Bertz CT molecular complexity index is 908. The Labute approximate surface area is 189 Å². The molecule has 0 saturated heterocycles. The van der Waals surface area contributed by atoms with Crippen LogP contribution < -0.4 is 0 Å². The van der Waals surface area contributed by atoms with Crippen LogP contribution in [0.4, 0.5) is 0 Å².